The van der Waals surface area contributed by atoms with E-state index in [-0.39, 0.29) is 12.4 Å². The minimum absolute atomic E-state index is 0. The molecule has 3 heteroatoms. The molecule has 0 heterocycles. The first-order valence-electron chi connectivity index (χ1n) is 4.56. The average molecular weight is 191 g/mol. The van der Waals surface area contributed by atoms with Crippen molar-refractivity contribution >= 4 is 12.4 Å². The quantitative estimate of drug-likeness (QED) is 0.655. The van der Waals surface area contributed by atoms with Gasteiger partial charge in [-0.15, -0.1) is 12.4 Å². The zero-order valence-electron chi connectivity index (χ0n) is 7.51. The summed E-state index contributed by atoms with van der Waals surface area (Å²) in [7, 11) is 0. The number of nitrogens with two attached hydrogens (primary N) is 1. The number of hydrogen-bond acceptors (Lipinski definition) is 2. The van der Waals surface area contributed by atoms with Gasteiger partial charge in [0.1, 0.15) is 0 Å². The molecule has 0 amide bonds. The molecule has 0 spiro atoms. The fraction of sp³-hybridized carbons (Fsp3) is 0.778. The molecule has 0 saturated heterocycles. The number of hydrogen-bond donors (Lipinski definition) is 2. The van der Waals surface area contributed by atoms with Crippen molar-refractivity contribution in [2.75, 3.05) is 6.67 Å². The second-order valence-corrected chi connectivity index (χ2v) is 3.06. The summed E-state index contributed by atoms with van der Waals surface area (Å²) in [6.45, 7) is 0.575. The normalized spacial score (nSPS) is 18.2. The smallest absolute Gasteiger partial charge is 0.0624 e. The highest BCUT2D eigenvalue weighted by molar-refractivity contribution is 5.85. The summed E-state index contributed by atoms with van der Waals surface area (Å²) in [5.74, 6) is 0. The van der Waals surface area contributed by atoms with Gasteiger partial charge in [-0.2, -0.15) is 0 Å². The van der Waals surface area contributed by atoms with E-state index in [0.717, 1.165) is 0 Å². The van der Waals surface area contributed by atoms with Crippen LogP contribution in [-0.2, 0) is 0 Å². The summed E-state index contributed by atoms with van der Waals surface area (Å²) in [6, 6.07) is 0. The maximum Gasteiger partial charge on any atom is 0.0624 e. The van der Waals surface area contributed by atoms with Gasteiger partial charge in [0.05, 0.1) is 6.67 Å². The molecule has 0 unspecified atom stereocenters. The molecule has 0 fully saturated rings. The van der Waals surface area contributed by atoms with Crippen LogP contribution < -0.4 is 11.1 Å². The minimum Gasteiger partial charge on any atom is -0.376 e. The third-order valence-corrected chi connectivity index (χ3v) is 2.12. The highest BCUT2D eigenvalue weighted by Crippen LogP contribution is 2.14. The summed E-state index contributed by atoms with van der Waals surface area (Å²) in [6.07, 6.45) is 10.1. The van der Waals surface area contributed by atoms with E-state index < -0.39 is 0 Å². The molecular weight excluding hydrogens is 172 g/mol. The summed E-state index contributed by atoms with van der Waals surface area (Å²) in [5.41, 5.74) is 6.75. The van der Waals surface area contributed by atoms with Crippen LogP contribution in [0.15, 0.2) is 11.8 Å². The van der Waals surface area contributed by atoms with E-state index in [4.69, 9.17) is 5.73 Å². The average Bonchev–Trinajstić information content (AvgIpc) is 1.94. The van der Waals surface area contributed by atoms with Gasteiger partial charge < -0.3 is 11.1 Å². The van der Waals surface area contributed by atoms with E-state index >= 15 is 0 Å². The lowest BCUT2D eigenvalue weighted by molar-refractivity contribution is 0.600. The van der Waals surface area contributed by atoms with Crippen LogP contribution in [0, 0.1) is 0 Å². The summed E-state index contributed by atoms with van der Waals surface area (Å²) in [4.78, 5) is 0. The molecule has 1 rings (SSSR count). The molecule has 3 N–H and O–H groups in total. The third kappa shape index (κ3) is 4.62. The molecular formula is C9H19ClN2. The highest BCUT2D eigenvalue weighted by atomic mass is 35.5. The zero-order chi connectivity index (χ0) is 7.94. The monoisotopic (exact) mass is 190 g/mol. The maximum absolute atomic E-state index is 5.40. The lowest BCUT2D eigenvalue weighted by Crippen LogP contribution is -2.21. The highest BCUT2D eigenvalue weighted by Gasteiger charge is 1.99. The lowest BCUT2D eigenvalue weighted by Gasteiger charge is -2.11. The molecule has 2 nitrogen and oxygen atoms in total. The Balaban J connectivity index is 0.00000121. The van der Waals surface area contributed by atoms with Gasteiger partial charge in [0.25, 0.3) is 0 Å². The van der Waals surface area contributed by atoms with Crippen LogP contribution in [-0.4, -0.2) is 6.67 Å². The van der Waals surface area contributed by atoms with Gasteiger partial charge in [-0.3, -0.25) is 0 Å². The number of halogens is 1. The van der Waals surface area contributed by atoms with E-state index in [2.05, 4.69) is 11.4 Å². The van der Waals surface area contributed by atoms with E-state index in [1.807, 2.05) is 0 Å². The van der Waals surface area contributed by atoms with Gasteiger partial charge in [0.15, 0.2) is 0 Å². The predicted molar refractivity (Wildman–Crippen MR) is 55.2 cm³/mol. The van der Waals surface area contributed by atoms with Crippen LogP contribution in [0.5, 0.6) is 0 Å². The first-order chi connectivity index (χ1) is 5.43. The lowest BCUT2D eigenvalue weighted by atomic mass is 10.0. The van der Waals surface area contributed by atoms with Crippen molar-refractivity contribution in [3.05, 3.63) is 11.8 Å². The van der Waals surface area contributed by atoms with Crippen molar-refractivity contribution in [3.63, 3.8) is 0 Å². The Kier molecular flexibility index (Phi) is 7.31. The molecule has 0 bridgehead atoms. The van der Waals surface area contributed by atoms with E-state index in [1.165, 1.54) is 44.2 Å². The van der Waals surface area contributed by atoms with Crippen molar-refractivity contribution in [2.45, 2.75) is 38.5 Å². The van der Waals surface area contributed by atoms with Crippen LogP contribution in [0.4, 0.5) is 0 Å². The predicted octanol–water partition coefficient (Wildman–Crippen LogP) is 2.15. The Labute approximate surface area is 81.0 Å². The van der Waals surface area contributed by atoms with Crippen LogP contribution in [0.1, 0.15) is 38.5 Å². The Hall–Kier alpha value is -0.210. The first kappa shape index (κ1) is 11.8. The summed E-state index contributed by atoms with van der Waals surface area (Å²) < 4.78 is 0. The van der Waals surface area contributed by atoms with Crippen molar-refractivity contribution in [2.24, 2.45) is 5.73 Å². The van der Waals surface area contributed by atoms with Crippen LogP contribution >= 0.6 is 12.4 Å². The number of allylic oxidation sites excluding steroid dienone is 2. The maximum atomic E-state index is 5.40. The Bertz CT molecular complexity index is 134. The minimum atomic E-state index is 0. The molecule has 0 aromatic heterocycles. The summed E-state index contributed by atoms with van der Waals surface area (Å²) in [5, 5.41) is 3.19. The molecule has 0 aliphatic heterocycles. The van der Waals surface area contributed by atoms with E-state index in [1.54, 1.807) is 0 Å². The second-order valence-electron chi connectivity index (χ2n) is 3.06. The number of nitrogens with one attached hydrogen (secondary N) is 1. The first-order valence-corrected chi connectivity index (χ1v) is 4.56. The largest absolute Gasteiger partial charge is 0.376 e. The third-order valence-electron chi connectivity index (χ3n) is 2.12. The SMILES string of the molecule is Cl.NCNC1=CCCCCCC1. The zero-order valence-corrected chi connectivity index (χ0v) is 8.33. The van der Waals surface area contributed by atoms with E-state index in [9.17, 15) is 0 Å². The molecule has 0 saturated carbocycles. The second kappa shape index (κ2) is 7.44. The van der Waals surface area contributed by atoms with Crippen LogP contribution in [0.2, 0.25) is 0 Å². The van der Waals surface area contributed by atoms with Crippen LogP contribution in [0.3, 0.4) is 0 Å². The fourth-order valence-electron chi connectivity index (χ4n) is 1.48. The van der Waals surface area contributed by atoms with Gasteiger partial charge >= 0.3 is 0 Å². The van der Waals surface area contributed by atoms with Crippen LogP contribution in [0.25, 0.3) is 0 Å². The summed E-state index contributed by atoms with van der Waals surface area (Å²) >= 11 is 0. The van der Waals surface area contributed by atoms with Gasteiger partial charge in [-0.1, -0.05) is 18.9 Å². The molecule has 0 aromatic carbocycles. The molecule has 1 aliphatic rings. The molecule has 0 aromatic rings. The topological polar surface area (TPSA) is 38.0 Å². The Morgan fingerprint density at radius 3 is 2.75 bits per heavy atom. The Morgan fingerprint density at radius 2 is 2.00 bits per heavy atom. The molecule has 72 valence electrons. The van der Waals surface area contributed by atoms with Crippen molar-refractivity contribution < 1.29 is 0 Å². The van der Waals surface area contributed by atoms with Gasteiger partial charge in [0.2, 0.25) is 0 Å². The Morgan fingerprint density at radius 1 is 1.25 bits per heavy atom. The van der Waals surface area contributed by atoms with Crippen molar-refractivity contribution in [1.82, 2.24) is 5.32 Å². The molecule has 0 atom stereocenters. The fourth-order valence-corrected chi connectivity index (χ4v) is 1.48. The van der Waals surface area contributed by atoms with Gasteiger partial charge in [-0.05, 0) is 25.7 Å². The van der Waals surface area contributed by atoms with Crippen molar-refractivity contribution in [1.29, 1.82) is 0 Å². The number of rotatable bonds is 2. The molecule has 1 aliphatic carbocycles. The van der Waals surface area contributed by atoms with Crippen molar-refractivity contribution in [3.8, 4) is 0 Å². The molecule has 0 radical (unpaired) electrons. The van der Waals surface area contributed by atoms with Gasteiger partial charge in [0, 0.05) is 5.70 Å². The van der Waals surface area contributed by atoms with Gasteiger partial charge in [-0.25, -0.2) is 0 Å². The van der Waals surface area contributed by atoms with E-state index in [0.29, 0.717) is 6.67 Å². The standard InChI is InChI=1S/C9H18N2.ClH/c10-8-11-9-6-4-2-1-3-5-7-9;/h6,11H,1-5,7-8,10H2;1H. The molecule has 12 heavy (non-hydrogen) atoms.